The summed E-state index contributed by atoms with van der Waals surface area (Å²) in [5, 5.41) is 39.8. The Morgan fingerprint density at radius 2 is 1.72 bits per heavy atom. The van der Waals surface area contributed by atoms with E-state index in [0.717, 1.165) is 12.0 Å². The Morgan fingerprint density at radius 3 is 2.31 bits per heavy atom. The maximum absolute atomic E-state index is 14.0. The van der Waals surface area contributed by atoms with Crippen LogP contribution in [0.1, 0.15) is 35.3 Å². The first-order chi connectivity index (χ1) is 13.7. The number of phenols is 1. The molecule has 0 amide bonds. The van der Waals surface area contributed by atoms with E-state index in [4.69, 9.17) is 16.3 Å². The second-order valence-corrected chi connectivity index (χ2v) is 7.59. The van der Waals surface area contributed by atoms with Gasteiger partial charge in [0.25, 0.3) is 0 Å². The van der Waals surface area contributed by atoms with Gasteiger partial charge in [-0.15, -0.1) is 0 Å². The average Bonchev–Trinajstić information content (AvgIpc) is 2.69. The van der Waals surface area contributed by atoms with Gasteiger partial charge in [0, 0.05) is 10.6 Å². The van der Waals surface area contributed by atoms with E-state index in [1.165, 1.54) is 17.7 Å². The standard InChI is InChI=1S/C21H23ClF2O5/c1-2-11-3-5-12(6-4-11)7-13-8-14(16(26)9-15(13)22)19-18(27)20(28)21(23,24)17(10-25)29-19/h3-6,8-9,17-20,25-28H,2,7,10H2,1H3/t17-,18+,19+,20-/m1/s1. The lowest BCUT2D eigenvalue weighted by Gasteiger charge is -2.42. The Kier molecular flexibility index (Phi) is 6.45. The number of aliphatic hydroxyl groups excluding tert-OH is 3. The zero-order chi connectivity index (χ0) is 21.3. The second kappa shape index (κ2) is 8.53. The summed E-state index contributed by atoms with van der Waals surface area (Å²) in [6, 6.07) is 10.6. The number of halogens is 3. The lowest BCUT2D eigenvalue weighted by atomic mass is 9.89. The number of aromatic hydroxyl groups is 1. The van der Waals surface area contributed by atoms with Crippen LogP contribution in [0, 0.1) is 0 Å². The number of aryl methyl sites for hydroxylation is 1. The Balaban J connectivity index is 1.94. The van der Waals surface area contributed by atoms with Crippen molar-refractivity contribution in [2.45, 2.75) is 50.1 Å². The number of ether oxygens (including phenoxy) is 1. The summed E-state index contributed by atoms with van der Waals surface area (Å²) in [6.45, 7) is 0.990. The number of phenolic OH excluding ortho intramolecular Hbond substituents is 1. The molecule has 0 saturated carbocycles. The van der Waals surface area contributed by atoms with E-state index >= 15 is 0 Å². The molecule has 158 valence electrons. The molecular weight excluding hydrogens is 406 g/mol. The minimum atomic E-state index is -3.84. The van der Waals surface area contributed by atoms with Crippen molar-refractivity contribution in [2.75, 3.05) is 6.61 Å². The van der Waals surface area contributed by atoms with Crippen LogP contribution in [-0.4, -0.2) is 51.3 Å². The van der Waals surface area contributed by atoms with Crippen LogP contribution >= 0.6 is 11.6 Å². The fourth-order valence-electron chi connectivity index (χ4n) is 3.46. The zero-order valence-electron chi connectivity index (χ0n) is 15.7. The summed E-state index contributed by atoms with van der Waals surface area (Å²) in [5.74, 6) is -4.20. The van der Waals surface area contributed by atoms with Crippen molar-refractivity contribution < 1.29 is 33.9 Å². The maximum atomic E-state index is 14.0. The smallest absolute Gasteiger partial charge is 0.303 e. The van der Waals surface area contributed by atoms with Crippen molar-refractivity contribution in [3.05, 3.63) is 63.7 Å². The summed E-state index contributed by atoms with van der Waals surface area (Å²) < 4.78 is 33.2. The van der Waals surface area contributed by atoms with Crippen molar-refractivity contribution in [3.8, 4) is 5.75 Å². The Bertz CT molecular complexity index is 855. The molecule has 8 heteroatoms. The van der Waals surface area contributed by atoms with Crippen molar-refractivity contribution in [3.63, 3.8) is 0 Å². The van der Waals surface area contributed by atoms with Gasteiger partial charge in [-0.3, -0.25) is 0 Å². The number of aliphatic hydroxyl groups is 3. The molecule has 2 aromatic rings. The van der Waals surface area contributed by atoms with Crippen LogP contribution in [0.4, 0.5) is 8.78 Å². The third-order valence-corrected chi connectivity index (χ3v) is 5.61. The second-order valence-electron chi connectivity index (χ2n) is 7.19. The summed E-state index contributed by atoms with van der Waals surface area (Å²) in [5.41, 5.74) is 2.72. The molecule has 3 rings (SSSR count). The predicted molar refractivity (Wildman–Crippen MR) is 103 cm³/mol. The summed E-state index contributed by atoms with van der Waals surface area (Å²) in [4.78, 5) is 0. The first kappa shape index (κ1) is 21.9. The predicted octanol–water partition coefficient (Wildman–Crippen LogP) is 2.99. The number of hydrogen-bond acceptors (Lipinski definition) is 5. The molecule has 0 bridgehead atoms. The molecule has 1 saturated heterocycles. The quantitative estimate of drug-likeness (QED) is 0.588. The molecule has 0 aliphatic carbocycles. The molecule has 1 aliphatic heterocycles. The van der Waals surface area contributed by atoms with Crippen LogP contribution in [0.15, 0.2) is 36.4 Å². The molecule has 0 aromatic heterocycles. The Morgan fingerprint density at radius 1 is 1.10 bits per heavy atom. The number of benzene rings is 2. The first-order valence-electron chi connectivity index (χ1n) is 9.28. The number of hydrogen-bond donors (Lipinski definition) is 4. The fourth-order valence-corrected chi connectivity index (χ4v) is 3.68. The van der Waals surface area contributed by atoms with Crippen LogP contribution in [0.2, 0.25) is 5.02 Å². The topological polar surface area (TPSA) is 90.2 Å². The fraction of sp³-hybridized carbons (Fsp3) is 0.429. The van der Waals surface area contributed by atoms with Crippen molar-refractivity contribution in [2.24, 2.45) is 0 Å². The normalized spacial score (nSPS) is 26.4. The van der Waals surface area contributed by atoms with Gasteiger partial charge in [0.2, 0.25) is 0 Å². The third kappa shape index (κ3) is 4.25. The van der Waals surface area contributed by atoms with E-state index in [2.05, 4.69) is 0 Å². The van der Waals surface area contributed by atoms with Crippen molar-refractivity contribution in [1.29, 1.82) is 0 Å². The van der Waals surface area contributed by atoms with E-state index in [1.807, 2.05) is 31.2 Å². The molecule has 1 fully saturated rings. The minimum absolute atomic E-state index is 0.00933. The molecule has 4 atom stereocenters. The Labute approximate surface area is 172 Å². The largest absolute Gasteiger partial charge is 0.508 e. The van der Waals surface area contributed by atoms with Gasteiger partial charge in [0.1, 0.15) is 30.2 Å². The highest BCUT2D eigenvalue weighted by Crippen LogP contribution is 2.44. The summed E-state index contributed by atoms with van der Waals surface area (Å²) in [7, 11) is 0. The van der Waals surface area contributed by atoms with Crippen LogP contribution < -0.4 is 0 Å². The van der Waals surface area contributed by atoms with Crippen LogP contribution in [-0.2, 0) is 17.6 Å². The SMILES string of the molecule is CCc1ccc(Cc2cc([C@@H]3O[C@H](CO)C(F)(F)[C@H](O)[C@H]3O)c(O)cc2Cl)cc1. The highest BCUT2D eigenvalue weighted by molar-refractivity contribution is 6.31. The molecule has 1 heterocycles. The van der Waals surface area contributed by atoms with Crippen LogP contribution in [0.5, 0.6) is 5.75 Å². The summed E-state index contributed by atoms with van der Waals surface area (Å²) >= 11 is 6.24. The van der Waals surface area contributed by atoms with Gasteiger partial charge in [-0.25, -0.2) is 8.78 Å². The van der Waals surface area contributed by atoms with E-state index in [-0.39, 0.29) is 16.3 Å². The molecule has 29 heavy (non-hydrogen) atoms. The highest BCUT2D eigenvalue weighted by Gasteiger charge is 2.57. The monoisotopic (exact) mass is 428 g/mol. The molecule has 0 radical (unpaired) electrons. The van der Waals surface area contributed by atoms with Gasteiger partial charge in [-0.1, -0.05) is 42.8 Å². The van der Waals surface area contributed by atoms with Crippen molar-refractivity contribution in [1.82, 2.24) is 0 Å². The van der Waals surface area contributed by atoms with E-state index in [1.54, 1.807) is 0 Å². The minimum Gasteiger partial charge on any atom is -0.508 e. The average molecular weight is 429 g/mol. The number of alkyl halides is 2. The van der Waals surface area contributed by atoms with Gasteiger partial charge in [-0.2, -0.15) is 0 Å². The van der Waals surface area contributed by atoms with Gasteiger partial charge in [0.05, 0.1) is 6.61 Å². The molecule has 0 spiro atoms. The van der Waals surface area contributed by atoms with E-state index in [9.17, 15) is 29.2 Å². The lowest BCUT2D eigenvalue weighted by molar-refractivity contribution is -0.296. The van der Waals surface area contributed by atoms with Crippen LogP contribution in [0.3, 0.4) is 0 Å². The van der Waals surface area contributed by atoms with Crippen LogP contribution in [0.25, 0.3) is 0 Å². The van der Waals surface area contributed by atoms with Gasteiger partial charge in [0.15, 0.2) is 0 Å². The number of rotatable bonds is 5. The molecule has 1 aliphatic rings. The van der Waals surface area contributed by atoms with Gasteiger partial charge in [-0.05, 0) is 41.7 Å². The van der Waals surface area contributed by atoms with E-state index in [0.29, 0.717) is 12.0 Å². The van der Waals surface area contributed by atoms with E-state index < -0.39 is 36.9 Å². The molecule has 0 unspecified atom stereocenters. The third-order valence-electron chi connectivity index (χ3n) is 5.26. The Hall–Kier alpha value is -1.77. The lowest BCUT2D eigenvalue weighted by Crippen LogP contribution is -2.59. The zero-order valence-corrected chi connectivity index (χ0v) is 16.5. The van der Waals surface area contributed by atoms with Gasteiger partial charge >= 0.3 is 5.92 Å². The highest BCUT2D eigenvalue weighted by atomic mass is 35.5. The van der Waals surface area contributed by atoms with Crippen molar-refractivity contribution >= 4 is 11.6 Å². The van der Waals surface area contributed by atoms with Gasteiger partial charge < -0.3 is 25.2 Å². The summed E-state index contributed by atoms with van der Waals surface area (Å²) in [6.07, 6.45) is -6.64. The first-order valence-corrected chi connectivity index (χ1v) is 9.66. The molecular formula is C21H23ClF2O5. The molecule has 5 nitrogen and oxygen atoms in total. The molecule has 2 aromatic carbocycles. The molecule has 4 N–H and O–H groups in total. The maximum Gasteiger partial charge on any atom is 0.303 e.